The summed E-state index contributed by atoms with van der Waals surface area (Å²) in [4.78, 5) is 10.6. The Morgan fingerprint density at radius 3 is 2.53 bits per heavy atom. The lowest BCUT2D eigenvalue weighted by molar-refractivity contribution is -0.136. The molecule has 0 amide bonds. The Labute approximate surface area is 110 Å². The number of hydrogen-bond donors (Lipinski definition) is 2. The normalized spacial score (nSPS) is 10.1. The number of benzene rings is 2. The maximum atomic E-state index is 10.6. The number of rotatable bonds is 5. The number of carboxylic acids is 1. The molecule has 2 N–H and O–H groups in total. The van der Waals surface area contributed by atoms with Crippen LogP contribution in [0.1, 0.15) is 12.0 Å². The molecule has 0 aliphatic rings. The number of para-hydroxylation sites is 1. The Hall–Kier alpha value is -2.49. The molecule has 2 aromatic rings. The fraction of sp³-hybridized carbons (Fsp3) is 0.133. The molecule has 0 unspecified atom stereocenters. The van der Waals surface area contributed by atoms with E-state index in [1.165, 1.54) is 12.1 Å². The second-order valence-electron chi connectivity index (χ2n) is 4.10. The molecule has 0 spiro atoms. The van der Waals surface area contributed by atoms with Gasteiger partial charge in [-0.2, -0.15) is 0 Å². The van der Waals surface area contributed by atoms with Gasteiger partial charge < -0.3 is 14.9 Å². The van der Waals surface area contributed by atoms with Gasteiger partial charge in [-0.1, -0.05) is 24.3 Å². The second kappa shape index (κ2) is 5.91. The number of aryl methyl sites for hydroxylation is 1. The van der Waals surface area contributed by atoms with Crippen LogP contribution in [0.3, 0.4) is 0 Å². The van der Waals surface area contributed by atoms with Crippen LogP contribution in [-0.2, 0) is 11.2 Å². The Morgan fingerprint density at radius 1 is 1.11 bits per heavy atom. The molecule has 0 fully saturated rings. The van der Waals surface area contributed by atoms with E-state index in [0.29, 0.717) is 17.9 Å². The first-order valence-corrected chi connectivity index (χ1v) is 5.92. The van der Waals surface area contributed by atoms with Crippen LogP contribution in [0, 0.1) is 0 Å². The Bertz CT molecular complexity index is 564. The summed E-state index contributed by atoms with van der Waals surface area (Å²) in [5.41, 5.74) is 0.754. The third kappa shape index (κ3) is 3.74. The van der Waals surface area contributed by atoms with Crippen LogP contribution < -0.4 is 4.74 Å². The van der Waals surface area contributed by atoms with Crippen molar-refractivity contribution < 1.29 is 19.7 Å². The molecule has 0 heterocycles. The Kier molecular flexibility index (Phi) is 4.03. The van der Waals surface area contributed by atoms with E-state index in [2.05, 4.69) is 0 Å². The van der Waals surface area contributed by atoms with Crippen LogP contribution in [-0.4, -0.2) is 16.2 Å². The molecule has 0 bridgehead atoms. The van der Waals surface area contributed by atoms with Gasteiger partial charge in [0.2, 0.25) is 0 Å². The fourth-order valence-corrected chi connectivity index (χ4v) is 1.70. The fourth-order valence-electron chi connectivity index (χ4n) is 1.70. The van der Waals surface area contributed by atoms with Crippen LogP contribution >= 0.6 is 0 Å². The van der Waals surface area contributed by atoms with Gasteiger partial charge in [-0.05, 0) is 30.2 Å². The highest BCUT2D eigenvalue weighted by molar-refractivity contribution is 5.67. The number of ether oxygens (including phenoxy) is 1. The number of carbonyl (C=O) groups is 1. The standard InChI is InChI=1S/C15H14O4/c16-12-8-6-11(7-9-15(17)18)14(10-12)19-13-4-2-1-3-5-13/h1-6,8,10,16H,7,9H2,(H,17,18). The maximum Gasteiger partial charge on any atom is 0.303 e. The van der Waals surface area contributed by atoms with E-state index in [0.717, 1.165) is 5.56 Å². The van der Waals surface area contributed by atoms with Crippen LogP contribution in [0.15, 0.2) is 48.5 Å². The number of aliphatic carboxylic acids is 1. The van der Waals surface area contributed by atoms with E-state index in [4.69, 9.17) is 9.84 Å². The van der Waals surface area contributed by atoms with Crippen molar-refractivity contribution in [2.45, 2.75) is 12.8 Å². The van der Waals surface area contributed by atoms with Crippen LogP contribution in [0.25, 0.3) is 0 Å². The molecule has 4 nitrogen and oxygen atoms in total. The number of hydrogen-bond acceptors (Lipinski definition) is 3. The highest BCUT2D eigenvalue weighted by Crippen LogP contribution is 2.29. The third-order valence-corrected chi connectivity index (χ3v) is 2.63. The van der Waals surface area contributed by atoms with Gasteiger partial charge in [-0.25, -0.2) is 0 Å². The van der Waals surface area contributed by atoms with Crippen molar-refractivity contribution in [3.8, 4) is 17.2 Å². The monoisotopic (exact) mass is 258 g/mol. The number of phenolic OH excluding ortho intramolecular Hbond substituents is 1. The van der Waals surface area contributed by atoms with Gasteiger partial charge in [-0.15, -0.1) is 0 Å². The van der Waals surface area contributed by atoms with Crippen molar-refractivity contribution in [1.82, 2.24) is 0 Å². The average molecular weight is 258 g/mol. The molecule has 0 atom stereocenters. The number of carboxylic acid groups (broad SMARTS) is 1. The van der Waals surface area contributed by atoms with Crippen LogP contribution in [0.5, 0.6) is 17.2 Å². The topological polar surface area (TPSA) is 66.8 Å². The summed E-state index contributed by atoms with van der Waals surface area (Å²) < 4.78 is 5.67. The minimum absolute atomic E-state index is 0.0237. The summed E-state index contributed by atoms with van der Waals surface area (Å²) in [5, 5.41) is 18.2. The zero-order valence-electron chi connectivity index (χ0n) is 10.2. The molecule has 0 saturated carbocycles. The predicted octanol–water partition coefficient (Wildman–Crippen LogP) is 3.20. The molecular weight excluding hydrogens is 244 g/mol. The first-order valence-electron chi connectivity index (χ1n) is 5.92. The van der Waals surface area contributed by atoms with E-state index in [9.17, 15) is 9.90 Å². The van der Waals surface area contributed by atoms with E-state index in [-0.39, 0.29) is 12.2 Å². The van der Waals surface area contributed by atoms with Crippen molar-refractivity contribution in [2.24, 2.45) is 0 Å². The van der Waals surface area contributed by atoms with Crippen LogP contribution in [0.2, 0.25) is 0 Å². The number of aromatic hydroxyl groups is 1. The molecule has 19 heavy (non-hydrogen) atoms. The lowest BCUT2D eigenvalue weighted by Crippen LogP contribution is -1.99. The summed E-state index contributed by atoms with van der Waals surface area (Å²) >= 11 is 0. The second-order valence-corrected chi connectivity index (χ2v) is 4.10. The summed E-state index contributed by atoms with van der Waals surface area (Å²) in [6.45, 7) is 0. The van der Waals surface area contributed by atoms with Gasteiger partial charge in [-0.3, -0.25) is 4.79 Å². The first kappa shape index (κ1) is 13.0. The minimum Gasteiger partial charge on any atom is -0.508 e. The molecule has 2 aromatic carbocycles. The smallest absolute Gasteiger partial charge is 0.303 e. The van der Waals surface area contributed by atoms with E-state index < -0.39 is 5.97 Å². The molecule has 98 valence electrons. The highest BCUT2D eigenvalue weighted by Gasteiger charge is 2.08. The van der Waals surface area contributed by atoms with Gasteiger partial charge in [0.25, 0.3) is 0 Å². The van der Waals surface area contributed by atoms with Crippen molar-refractivity contribution >= 4 is 5.97 Å². The molecule has 4 heteroatoms. The Morgan fingerprint density at radius 2 is 1.84 bits per heavy atom. The Balaban J connectivity index is 2.22. The predicted molar refractivity (Wildman–Crippen MR) is 70.6 cm³/mol. The molecule has 0 saturated heterocycles. The first-order chi connectivity index (χ1) is 9.15. The van der Waals surface area contributed by atoms with Crippen molar-refractivity contribution in [3.05, 3.63) is 54.1 Å². The van der Waals surface area contributed by atoms with Gasteiger partial charge in [0.15, 0.2) is 0 Å². The molecule has 0 radical (unpaired) electrons. The van der Waals surface area contributed by atoms with E-state index >= 15 is 0 Å². The molecule has 0 aliphatic carbocycles. The minimum atomic E-state index is -0.862. The average Bonchev–Trinajstić information content (AvgIpc) is 2.39. The molecule has 0 aliphatic heterocycles. The van der Waals surface area contributed by atoms with Crippen LogP contribution in [0.4, 0.5) is 0 Å². The van der Waals surface area contributed by atoms with Gasteiger partial charge in [0.1, 0.15) is 17.2 Å². The van der Waals surface area contributed by atoms with Gasteiger partial charge in [0.05, 0.1) is 0 Å². The molecule has 2 rings (SSSR count). The molecule has 0 aromatic heterocycles. The molecular formula is C15H14O4. The zero-order chi connectivity index (χ0) is 13.7. The van der Waals surface area contributed by atoms with E-state index in [1.807, 2.05) is 18.2 Å². The lowest BCUT2D eigenvalue weighted by Gasteiger charge is -2.11. The summed E-state index contributed by atoms with van der Waals surface area (Å²) in [6.07, 6.45) is 0.383. The SMILES string of the molecule is O=C(O)CCc1ccc(O)cc1Oc1ccccc1. The van der Waals surface area contributed by atoms with Gasteiger partial charge in [0, 0.05) is 12.5 Å². The number of phenols is 1. The summed E-state index contributed by atoms with van der Waals surface area (Å²) in [7, 11) is 0. The highest BCUT2D eigenvalue weighted by atomic mass is 16.5. The maximum absolute atomic E-state index is 10.6. The third-order valence-electron chi connectivity index (χ3n) is 2.63. The largest absolute Gasteiger partial charge is 0.508 e. The van der Waals surface area contributed by atoms with Crippen molar-refractivity contribution in [1.29, 1.82) is 0 Å². The summed E-state index contributed by atoms with van der Waals surface area (Å²) in [5.74, 6) is 0.348. The van der Waals surface area contributed by atoms with Gasteiger partial charge >= 0.3 is 5.97 Å². The quantitative estimate of drug-likeness (QED) is 0.864. The van der Waals surface area contributed by atoms with E-state index in [1.54, 1.807) is 18.2 Å². The van der Waals surface area contributed by atoms with Crippen molar-refractivity contribution in [3.63, 3.8) is 0 Å². The zero-order valence-corrected chi connectivity index (χ0v) is 10.2. The van der Waals surface area contributed by atoms with Crippen molar-refractivity contribution in [2.75, 3.05) is 0 Å². The summed E-state index contributed by atoms with van der Waals surface area (Å²) in [6, 6.07) is 13.8. The lowest BCUT2D eigenvalue weighted by atomic mass is 10.1.